The van der Waals surface area contributed by atoms with Crippen molar-refractivity contribution in [3.63, 3.8) is 0 Å². The molecular weight excluding hydrogens is 344 g/mol. The Morgan fingerprint density at radius 1 is 1.32 bits per heavy atom. The van der Waals surface area contributed by atoms with Gasteiger partial charge in [0.15, 0.2) is 9.84 Å². The van der Waals surface area contributed by atoms with Crippen molar-refractivity contribution in [2.45, 2.75) is 12.5 Å². The molecule has 1 aromatic rings. The van der Waals surface area contributed by atoms with Crippen LogP contribution in [-0.4, -0.2) is 86.8 Å². The number of hydrogen-bond donors (Lipinski definition) is 1. The van der Waals surface area contributed by atoms with E-state index in [0.717, 1.165) is 0 Å². The maximum Gasteiger partial charge on any atom is 0.272 e. The van der Waals surface area contributed by atoms with Crippen molar-refractivity contribution < 1.29 is 18.0 Å². The molecule has 1 fully saturated rings. The molecule has 1 saturated heterocycles. The molecule has 1 aliphatic rings. The van der Waals surface area contributed by atoms with Crippen LogP contribution in [-0.2, 0) is 9.84 Å². The molecule has 1 N–H and O–H groups in total. The minimum Gasteiger partial charge on any atom is -0.351 e. The van der Waals surface area contributed by atoms with Gasteiger partial charge in [0.05, 0.1) is 11.5 Å². The number of pyridine rings is 1. The van der Waals surface area contributed by atoms with Crippen LogP contribution in [0, 0.1) is 0 Å². The van der Waals surface area contributed by atoms with Crippen LogP contribution >= 0.6 is 0 Å². The molecule has 0 aromatic carbocycles. The normalized spacial score (nSPS) is 19.0. The monoisotopic (exact) mass is 368 g/mol. The molecule has 1 unspecified atom stereocenters. The zero-order chi connectivity index (χ0) is 18.6. The van der Waals surface area contributed by atoms with Crippen LogP contribution in [0.1, 0.15) is 27.3 Å². The van der Waals surface area contributed by atoms with Crippen LogP contribution in [0.4, 0.5) is 0 Å². The highest BCUT2D eigenvalue weighted by Gasteiger charge is 2.33. The number of carbonyl (C=O) groups excluding carboxylic acids is 2. The lowest BCUT2D eigenvalue weighted by Gasteiger charge is -2.23. The summed E-state index contributed by atoms with van der Waals surface area (Å²) in [5, 5.41) is 2.78. The third-order valence-electron chi connectivity index (χ3n) is 4.16. The Hall–Kier alpha value is -2.00. The van der Waals surface area contributed by atoms with Gasteiger partial charge in [0.1, 0.15) is 5.69 Å². The van der Waals surface area contributed by atoms with E-state index in [2.05, 4.69) is 10.3 Å². The molecule has 1 aromatic heterocycles. The molecular formula is C16H24N4O4S. The van der Waals surface area contributed by atoms with E-state index < -0.39 is 9.84 Å². The fourth-order valence-electron chi connectivity index (χ4n) is 2.61. The van der Waals surface area contributed by atoms with Crippen molar-refractivity contribution in [2.75, 3.05) is 45.7 Å². The van der Waals surface area contributed by atoms with Crippen molar-refractivity contribution in [2.24, 2.45) is 0 Å². The molecule has 0 saturated carbocycles. The van der Waals surface area contributed by atoms with Gasteiger partial charge >= 0.3 is 0 Å². The molecule has 25 heavy (non-hydrogen) atoms. The second-order valence-corrected chi connectivity index (χ2v) is 8.69. The first-order chi connectivity index (χ1) is 11.7. The van der Waals surface area contributed by atoms with E-state index in [4.69, 9.17) is 0 Å². The number of carbonyl (C=O) groups is 2. The van der Waals surface area contributed by atoms with Gasteiger partial charge in [0.25, 0.3) is 11.8 Å². The predicted octanol–water partition coefficient (Wildman–Crippen LogP) is -0.368. The maximum absolute atomic E-state index is 12.6. The number of likely N-dealkylation sites (N-methyl/N-ethyl adjacent to an activating group) is 1. The molecule has 2 heterocycles. The summed E-state index contributed by atoms with van der Waals surface area (Å²) >= 11 is 0. The van der Waals surface area contributed by atoms with E-state index in [-0.39, 0.29) is 35.1 Å². The SMILES string of the molecule is CN(C)CCNC(=O)c1ccnc(C(=O)N(C)C2CCS(=O)(=O)C2)c1. The molecule has 0 bridgehead atoms. The van der Waals surface area contributed by atoms with Gasteiger partial charge in [-0.2, -0.15) is 0 Å². The quantitative estimate of drug-likeness (QED) is 0.736. The van der Waals surface area contributed by atoms with Gasteiger partial charge in [-0.15, -0.1) is 0 Å². The minimum atomic E-state index is -3.08. The van der Waals surface area contributed by atoms with Gasteiger partial charge in [-0.3, -0.25) is 14.6 Å². The van der Waals surface area contributed by atoms with E-state index in [1.54, 1.807) is 13.1 Å². The highest BCUT2D eigenvalue weighted by Crippen LogP contribution is 2.18. The first-order valence-electron chi connectivity index (χ1n) is 8.06. The number of aromatic nitrogens is 1. The zero-order valence-electron chi connectivity index (χ0n) is 14.7. The Labute approximate surface area is 148 Å². The summed E-state index contributed by atoms with van der Waals surface area (Å²) < 4.78 is 23.2. The first-order valence-corrected chi connectivity index (χ1v) is 9.88. The fraction of sp³-hybridized carbons (Fsp3) is 0.562. The summed E-state index contributed by atoms with van der Waals surface area (Å²) in [7, 11) is 2.31. The fourth-order valence-corrected chi connectivity index (χ4v) is 4.39. The standard InChI is InChI=1S/C16H24N4O4S/c1-19(2)8-7-18-15(21)12-4-6-17-14(10-12)16(22)20(3)13-5-9-25(23,24)11-13/h4,6,10,13H,5,7-9,11H2,1-3H3,(H,18,21). The number of hydrogen-bond acceptors (Lipinski definition) is 6. The molecule has 2 rings (SSSR count). The lowest BCUT2D eigenvalue weighted by atomic mass is 10.1. The summed E-state index contributed by atoms with van der Waals surface area (Å²) in [6.07, 6.45) is 1.84. The van der Waals surface area contributed by atoms with E-state index in [1.807, 2.05) is 19.0 Å². The number of sulfone groups is 1. The van der Waals surface area contributed by atoms with Crippen molar-refractivity contribution in [1.82, 2.24) is 20.1 Å². The molecule has 1 aliphatic heterocycles. The van der Waals surface area contributed by atoms with Gasteiger partial charge in [-0.05, 0) is 32.6 Å². The highest BCUT2D eigenvalue weighted by atomic mass is 32.2. The van der Waals surface area contributed by atoms with Crippen LogP contribution < -0.4 is 5.32 Å². The summed E-state index contributed by atoms with van der Waals surface area (Å²) in [5.74, 6) is -0.591. The third-order valence-corrected chi connectivity index (χ3v) is 5.91. The van der Waals surface area contributed by atoms with Crippen molar-refractivity contribution in [3.05, 3.63) is 29.6 Å². The number of nitrogens with zero attached hydrogens (tertiary/aromatic N) is 3. The van der Waals surface area contributed by atoms with Crippen molar-refractivity contribution in [3.8, 4) is 0 Å². The van der Waals surface area contributed by atoms with Crippen LogP contribution in [0.5, 0.6) is 0 Å². The maximum atomic E-state index is 12.6. The smallest absolute Gasteiger partial charge is 0.272 e. The van der Waals surface area contributed by atoms with E-state index >= 15 is 0 Å². The van der Waals surface area contributed by atoms with E-state index in [0.29, 0.717) is 25.1 Å². The van der Waals surface area contributed by atoms with Gasteiger partial charge in [0.2, 0.25) is 0 Å². The molecule has 138 valence electrons. The van der Waals surface area contributed by atoms with Gasteiger partial charge in [-0.25, -0.2) is 8.42 Å². The molecule has 2 amide bonds. The molecule has 8 nitrogen and oxygen atoms in total. The predicted molar refractivity (Wildman–Crippen MR) is 94.3 cm³/mol. The largest absolute Gasteiger partial charge is 0.351 e. The average molecular weight is 368 g/mol. The van der Waals surface area contributed by atoms with Crippen LogP contribution in [0.25, 0.3) is 0 Å². The number of nitrogens with one attached hydrogen (secondary N) is 1. The molecule has 9 heteroatoms. The minimum absolute atomic E-state index is 0.0278. The lowest BCUT2D eigenvalue weighted by Crippen LogP contribution is -2.38. The number of rotatable bonds is 6. The lowest BCUT2D eigenvalue weighted by molar-refractivity contribution is 0.0742. The third kappa shape index (κ3) is 5.23. The summed E-state index contributed by atoms with van der Waals surface area (Å²) in [6.45, 7) is 1.21. The number of amides is 2. The topological polar surface area (TPSA) is 99.7 Å². The summed E-state index contributed by atoms with van der Waals surface area (Å²) in [6, 6.07) is 2.63. The molecule has 0 aliphatic carbocycles. The van der Waals surface area contributed by atoms with Crippen molar-refractivity contribution in [1.29, 1.82) is 0 Å². The van der Waals surface area contributed by atoms with E-state index in [1.165, 1.54) is 17.2 Å². The first kappa shape index (κ1) is 19.3. The van der Waals surface area contributed by atoms with Gasteiger partial charge in [-0.1, -0.05) is 0 Å². The zero-order valence-corrected chi connectivity index (χ0v) is 15.5. The van der Waals surface area contributed by atoms with Crippen LogP contribution in [0.2, 0.25) is 0 Å². The Morgan fingerprint density at radius 3 is 2.64 bits per heavy atom. The highest BCUT2D eigenvalue weighted by molar-refractivity contribution is 7.91. The van der Waals surface area contributed by atoms with Crippen LogP contribution in [0.3, 0.4) is 0 Å². The van der Waals surface area contributed by atoms with E-state index in [9.17, 15) is 18.0 Å². The molecule has 0 spiro atoms. The van der Waals surface area contributed by atoms with Crippen molar-refractivity contribution >= 4 is 21.7 Å². The Balaban J connectivity index is 2.04. The Bertz CT molecular complexity index is 748. The molecule has 1 atom stereocenters. The summed E-state index contributed by atoms with van der Waals surface area (Å²) in [4.78, 5) is 32.1. The van der Waals surface area contributed by atoms with Gasteiger partial charge in [0, 0.05) is 37.9 Å². The second-order valence-electron chi connectivity index (χ2n) is 6.46. The summed E-state index contributed by atoms with van der Waals surface area (Å²) in [5.41, 5.74) is 0.483. The Kier molecular flexibility index (Phi) is 6.12. The molecule has 0 radical (unpaired) electrons. The van der Waals surface area contributed by atoms with Gasteiger partial charge < -0.3 is 15.1 Å². The second kappa shape index (κ2) is 7.92. The Morgan fingerprint density at radius 2 is 2.04 bits per heavy atom. The van der Waals surface area contributed by atoms with Crippen LogP contribution in [0.15, 0.2) is 18.3 Å². The average Bonchev–Trinajstić information content (AvgIpc) is 2.93.